The summed E-state index contributed by atoms with van der Waals surface area (Å²) in [6.07, 6.45) is 4.57. The molecule has 0 aliphatic carbocycles. The van der Waals surface area contributed by atoms with Crippen LogP contribution < -0.4 is 15.4 Å². The Labute approximate surface area is 190 Å². The molecule has 0 aliphatic heterocycles. The van der Waals surface area contributed by atoms with Crippen LogP contribution in [-0.4, -0.2) is 46.5 Å². The van der Waals surface area contributed by atoms with Crippen molar-refractivity contribution < 1.29 is 13.9 Å². The first-order chi connectivity index (χ1) is 16.0. The second kappa shape index (κ2) is 9.56. The fraction of sp³-hybridized carbons (Fsp3) is 0.208. The van der Waals surface area contributed by atoms with Crippen LogP contribution in [0.5, 0.6) is 5.88 Å². The molecule has 3 heterocycles. The maximum absolute atomic E-state index is 14.0. The number of rotatable bonds is 7. The quantitative estimate of drug-likeness (QED) is 0.445. The summed E-state index contributed by atoms with van der Waals surface area (Å²) in [6, 6.07) is 10.6. The van der Waals surface area contributed by atoms with Gasteiger partial charge in [0.2, 0.25) is 5.88 Å². The maximum atomic E-state index is 14.0. The van der Waals surface area contributed by atoms with Gasteiger partial charge in [0.15, 0.2) is 5.82 Å². The highest BCUT2D eigenvalue weighted by atomic mass is 19.1. The van der Waals surface area contributed by atoms with Gasteiger partial charge < -0.3 is 15.4 Å². The van der Waals surface area contributed by atoms with E-state index in [0.717, 1.165) is 16.5 Å². The second-order valence-electron chi connectivity index (χ2n) is 7.47. The maximum Gasteiger partial charge on any atom is 0.251 e. The molecule has 4 aromatic rings. The molecule has 4 rings (SSSR count). The molecule has 0 radical (unpaired) electrons. The van der Waals surface area contributed by atoms with E-state index in [1.54, 1.807) is 25.4 Å². The van der Waals surface area contributed by atoms with Crippen molar-refractivity contribution in [2.45, 2.75) is 12.8 Å². The number of hydrogen-bond donors (Lipinski definition) is 2. The van der Waals surface area contributed by atoms with Crippen LogP contribution >= 0.6 is 0 Å². The summed E-state index contributed by atoms with van der Waals surface area (Å²) >= 11 is 0. The normalized spacial score (nSPS) is 11.8. The first-order valence-corrected chi connectivity index (χ1v) is 10.4. The number of ether oxygens (including phenoxy) is 1. The van der Waals surface area contributed by atoms with E-state index in [9.17, 15) is 9.18 Å². The molecule has 0 saturated carbocycles. The SMILES string of the molecule is CNC(=O)c1ccnc2c([C@H](C)CNc3cc(-c4cnc(OC)c(F)c4)ncn3)cccc12. The molecule has 0 spiro atoms. The molecule has 1 amide bonds. The number of carbonyl (C=O) groups excluding carboxylic acids is 1. The van der Waals surface area contributed by atoms with E-state index in [4.69, 9.17) is 4.74 Å². The first kappa shape index (κ1) is 22.1. The van der Waals surface area contributed by atoms with E-state index in [2.05, 4.69) is 37.5 Å². The molecule has 0 aliphatic rings. The number of benzene rings is 1. The summed E-state index contributed by atoms with van der Waals surface area (Å²) in [5.41, 5.74) is 3.45. The van der Waals surface area contributed by atoms with Crippen LogP contribution in [0, 0.1) is 5.82 Å². The molecule has 0 saturated heterocycles. The van der Waals surface area contributed by atoms with Gasteiger partial charge in [-0.15, -0.1) is 0 Å². The number of para-hydroxylation sites is 1. The standard InChI is InChI=1S/C24H23FN6O2/c1-14(16-5-4-6-17-18(23(32)26-2)7-8-27-22(16)17)11-28-21-10-20(30-13-31-21)15-9-19(25)24(33-3)29-12-15/h4-10,12-14H,11H2,1-3H3,(H,26,32)(H,28,30,31)/t14-/m1/s1. The number of fused-ring (bicyclic) bond motifs is 1. The van der Waals surface area contributed by atoms with Gasteiger partial charge in [0.1, 0.15) is 12.1 Å². The number of aromatic nitrogens is 4. The Hall–Kier alpha value is -4.14. The van der Waals surface area contributed by atoms with Crippen molar-refractivity contribution in [3.63, 3.8) is 0 Å². The molecule has 2 N–H and O–H groups in total. The molecule has 0 fully saturated rings. The Morgan fingerprint density at radius 1 is 1.15 bits per heavy atom. The summed E-state index contributed by atoms with van der Waals surface area (Å²) in [7, 11) is 2.97. The Bertz CT molecular complexity index is 1310. The van der Waals surface area contributed by atoms with Gasteiger partial charge in [0, 0.05) is 48.9 Å². The minimum absolute atomic E-state index is 0.0664. The zero-order valence-corrected chi connectivity index (χ0v) is 18.5. The van der Waals surface area contributed by atoms with E-state index in [0.29, 0.717) is 29.2 Å². The lowest BCUT2D eigenvalue weighted by Crippen LogP contribution is -2.18. The van der Waals surface area contributed by atoms with Crippen molar-refractivity contribution in [1.29, 1.82) is 0 Å². The van der Waals surface area contributed by atoms with E-state index in [-0.39, 0.29) is 17.7 Å². The van der Waals surface area contributed by atoms with Gasteiger partial charge in [-0.1, -0.05) is 25.1 Å². The topological polar surface area (TPSA) is 102 Å². The third kappa shape index (κ3) is 4.57. The smallest absolute Gasteiger partial charge is 0.251 e. The van der Waals surface area contributed by atoms with Crippen LogP contribution in [-0.2, 0) is 0 Å². The Balaban J connectivity index is 1.55. The molecule has 0 unspecified atom stereocenters. The first-order valence-electron chi connectivity index (χ1n) is 10.4. The summed E-state index contributed by atoms with van der Waals surface area (Å²) in [5.74, 6) is -0.107. The van der Waals surface area contributed by atoms with Gasteiger partial charge in [-0.2, -0.15) is 0 Å². The number of anilines is 1. The number of amides is 1. The molecule has 8 nitrogen and oxygen atoms in total. The molecular formula is C24H23FN6O2. The molecule has 1 aromatic carbocycles. The minimum atomic E-state index is -0.559. The molecule has 0 bridgehead atoms. The van der Waals surface area contributed by atoms with Gasteiger partial charge in [-0.25, -0.2) is 19.3 Å². The molecule has 9 heteroatoms. The number of nitrogens with zero attached hydrogens (tertiary/aromatic N) is 4. The van der Waals surface area contributed by atoms with E-state index in [1.807, 2.05) is 18.2 Å². The van der Waals surface area contributed by atoms with Crippen LogP contribution in [0.1, 0.15) is 28.8 Å². The zero-order chi connectivity index (χ0) is 23.4. The van der Waals surface area contributed by atoms with Crippen LogP contribution in [0.3, 0.4) is 0 Å². The van der Waals surface area contributed by atoms with Gasteiger partial charge in [-0.3, -0.25) is 9.78 Å². The van der Waals surface area contributed by atoms with Crippen molar-refractivity contribution in [2.75, 3.05) is 26.0 Å². The van der Waals surface area contributed by atoms with Crippen LogP contribution in [0.4, 0.5) is 10.2 Å². The predicted molar refractivity (Wildman–Crippen MR) is 124 cm³/mol. The highest BCUT2D eigenvalue weighted by Gasteiger charge is 2.15. The highest BCUT2D eigenvalue weighted by molar-refractivity contribution is 6.06. The number of hydrogen-bond acceptors (Lipinski definition) is 7. The van der Waals surface area contributed by atoms with E-state index in [1.165, 1.54) is 25.7 Å². The molecule has 33 heavy (non-hydrogen) atoms. The Morgan fingerprint density at radius 2 is 2.00 bits per heavy atom. The number of pyridine rings is 2. The summed E-state index contributed by atoms with van der Waals surface area (Å²) in [6.45, 7) is 2.64. The molecule has 1 atom stereocenters. The van der Waals surface area contributed by atoms with Gasteiger partial charge >= 0.3 is 0 Å². The van der Waals surface area contributed by atoms with Gasteiger partial charge in [0.25, 0.3) is 5.91 Å². The average molecular weight is 446 g/mol. The fourth-order valence-electron chi connectivity index (χ4n) is 3.62. The number of methoxy groups -OCH3 is 1. The number of carbonyl (C=O) groups is 1. The van der Waals surface area contributed by atoms with Gasteiger partial charge in [-0.05, 0) is 17.7 Å². The van der Waals surface area contributed by atoms with Gasteiger partial charge in [0.05, 0.1) is 23.9 Å². The third-order valence-corrected chi connectivity index (χ3v) is 5.36. The monoisotopic (exact) mass is 446 g/mol. The summed E-state index contributed by atoms with van der Waals surface area (Å²) < 4.78 is 18.9. The highest BCUT2D eigenvalue weighted by Crippen LogP contribution is 2.27. The van der Waals surface area contributed by atoms with Crippen molar-refractivity contribution in [3.05, 3.63) is 72.1 Å². The van der Waals surface area contributed by atoms with Crippen molar-refractivity contribution >= 4 is 22.6 Å². The average Bonchev–Trinajstić information content (AvgIpc) is 2.86. The zero-order valence-electron chi connectivity index (χ0n) is 18.5. The largest absolute Gasteiger partial charge is 0.479 e. The van der Waals surface area contributed by atoms with Crippen molar-refractivity contribution in [1.82, 2.24) is 25.3 Å². The van der Waals surface area contributed by atoms with Crippen LogP contribution in [0.15, 0.2) is 55.1 Å². The van der Waals surface area contributed by atoms with E-state index < -0.39 is 5.82 Å². The molecular weight excluding hydrogens is 423 g/mol. The van der Waals surface area contributed by atoms with Crippen LogP contribution in [0.2, 0.25) is 0 Å². The third-order valence-electron chi connectivity index (χ3n) is 5.36. The fourth-order valence-corrected chi connectivity index (χ4v) is 3.62. The lowest BCUT2D eigenvalue weighted by Gasteiger charge is -2.16. The lowest BCUT2D eigenvalue weighted by atomic mass is 9.96. The minimum Gasteiger partial charge on any atom is -0.479 e. The lowest BCUT2D eigenvalue weighted by molar-refractivity contribution is 0.0964. The predicted octanol–water partition coefficient (Wildman–Crippen LogP) is 3.81. The second-order valence-corrected chi connectivity index (χ2v) is 7.47. The number of halogens is 1. The van der Waals surface area contributed by atoms with Crippen molar-refractivity contribution in [3.8, 4) is 17.1 Å². The van der Waals surface area contributed by atoms with Crippen LogP contribution in [0.25, 0.3) is 22.2 Å². The van der Waals surface area contributed by atoms with Crippen molar-refractivity contribution in [2.24, 2.45) is 0 Å². The van der Waals surface area contributed by atoms with E-state index >= 15 is 0 Å². The summed E-state index contributed by atoms with van der Waals surface area (Å²) in [5, 5.41) is 6.78. The molecule has 168 valence electrons. The summed E-state index contributed by atoms with van der Waals surface area (Å²) in [4.78, 5) is 29.2. The molecule has 3 aromatic heterocycles. The number of nitrogens with one attached hydrogen (secondary N) is 2. The Morgan fingerprint density at radius 3 is 2.76 bits per heavy atom. The Kier molecular flexibility index (Phi) is 6.39.